The van der Waals surface area contributed by atoms with Crippen LogP contribution in [0.15, 0.2) is 42.5 Å². The van der Waals surface area contributed by atoms with E-state index in [1.165, 1.54) is 31.7 Å². The van der Waals surface area contributed by atoms with Crippen molar-refractivity contribution in [1.29, 1.82) is 0 Å². The molecule has 4 rings (SSSR count). The topological polar surface area (TPSA) is 9.23 Å². The molecule has 0 saturated heterocycles. The summed E-state index contributed by atoms with van der Waals surface area (Å²) in [6, 6.07) is 11.0. The van der Waals surface area contributed by atoms with Gasteiger partial charge in [0, 0.05) is 5.56 Å². The lowest BCUT2D eigenvalue weighted by Crippen LogP contribution is -2.45. The highest BCUT2D eigenvalue weighted by molar-refractivity contribution is 5.69. The van der Waals surface area contributed by atoms with Gasteiger partial charge in [0.15, 0.2) is 11.6 Å². The third kappa shape index (κ3) is 5.83. The second kappa shape index (κ2) is 10.6. The minimum Gasteiger partial charge on any atom is -0.427 e. The van der Waals surface area contributed by atoms with Crippen LogP contribution in [0, 0.1) is 23.6 Å². The van der Waals surface area contributed by atoms with Crippen LogP contribution in [-0.2, 0) is 0 Å². The average Bonchev–Trinajstić information content (AvgIpc) is 2.85. The van der Waals surface area contributed by atoms with Crippen LogP contribution in [0.4, 0.5) is 30.7 Å². The zero-order valence-corrected chi connectivity index (χ0v) is 20.1. The molecule has 0 bridgehead atoms. The Bertz CT molecular complexity index is 1000. The normalized spacial score (nSPS) is 26.4. The van der Waals surface area contributed by atoms with Gasteiger partial charge in [-0.05, 0) is 79.4 Å². The van der Waals surface area contributed by atoms with E-state index >= 15 is 4.39 Å². The highest BCUT2D eigenvalue weighted by Crippen LogP contribution is 2.48. The Labute approximate surface area is 207 Å². The van der Waals surface area contributed by atoms with Gasteiger partial charge in [-0.25, -0.2) is 8.78 Å². The van der Waals surface area contributed by atoms with E-state index < -0.39 is 30.0 Å². The maximum atomic E-state index is 15.7. The quantitative estimate of drug-likeness (QED) is 0.348. The number of halogens is 7. The predicted octanol–water partition coefficient (Wildman–Crippen LogP) is 9.46. The molecule has 2 saturated carbocycles. The summed E-state index contributed by atoms with van der Waals surface area (Å²) >= 11 is 0. The molecule has 198 valence electrons. The largest absolute Gasteiger partial charge is 0.439 e. The standard InChI is InChI=1S/C28H31F7O/c1-17-7-9-18(10-8-17)19-11-13-21(14-12-19)24-22(20-5-3-2-4-6-20)15-16-23(25(24)29)36-28(34,35)26(30)27(31,32)33/h2-6,15-19,21,26H,7-14H2,1H3. The molecule has 2 aliphatic carbocycles. The van der Waals surface area contributed by atoms with Crippen molar-refractivity contribution >= 4 is 0 Å². The Morgan fingerprint density at radius 3 is 1.89 bits per heavy atom. The van der Waals surface area contributed by atoms with Gasteiger partial charge in [-0.3, -0.25) is 0 Å². The molecule has 0 spiro atoms. The number of benzene rings is 2. The second-order valence-electron chi connectivity index (χ2n) is 10.4. The fourth-order valence-electron chi connectivity index (χ4n) is 5.95. The van der Waals surface area contributed by atoms with Crippen molar-refractivity contribution in [3.8, 4) is 16.9 Å². The van der Waals surface area contributed by atoms with Crippen LogP contribution < -0.4 is 4.74 Å². The molecule has 2 aromatic rings. The summed E-state index contributed by atoms with van der Waals surface area (Å²) in [6.07, 6.45) is -7.87. The van der Waals surface area contributed by atoms with Crippen LogP contribution in [0.25, 0.3) is 11.1 Å². The summed E-state index contributed by atoms with van der Waals surface area (Å²) in [4.78, 5) is 0. The van der Waals surface area contributed by atoms with E-state index in [0.717, 1.165) is 24.8 Å². The molecule has 1 atom stereocenters. The van der Waals surface area contributed by atoms with E-state index in [4.69, 9.17) is 0 Å². The van der Waals surface area contributed by atoms with Crippen molar-refractivity contribution in [1.82, 2.24) is 0 Å². The zero-order chi connectivity index (χ0) is 26.1. The molecule has 2 fully saturated rings. The lowest BCUT2D eigenvalue weighted by molar-refractivity contribution is -0.305. The molecule has 8 heteroatoms. The van der Waals surface area contributed by atoms with Crippen molar-refractivity contribution in [2.45, 2.75) is 82.7 Å². The van der Waals surface area contributed by atoms with Gasteiger partial charge in [0.1, 0.15) is 0 Å². The zero-order valence-electron chi connectivity index (χ0n) is 20.1. The number of hydrogen-bond donors (Lipinski definition) is 0. The van der Waals surface area contributed by atoms with E-state index in [2.05, 4.69) is 11.7 Å². The highest BCUT2D eigenvalue weighted by atomic mass is 19.4. The van der Waals surface area contributed by atoms with Crippen LogP contribution in [0.3, 0.4) is 0 Å². The van der Waals surface area contributed by atoms with E-state index in [-0.39, 0.29) is 11.5 Å². The molecule has 2 aliphatic rings. The Morgan fingerprint density at radius 1 is 0.778 bits per heavy atom. The van der Waals surface area contributed by atoms with Gasteiger partial charge in [-0.1, -0.05) is 56.2 Å². The maximum absolute atomic E-state index is 15.7. The first-order valence-electron chi connectivity index (χ1n) is 12.6. The molecule has 0 aromatic heterocycles. The smallest absolute Gasteiger partial charge is 0.427 e. The average molecular weight is 517 g/mol. The first-order chi connectivity index (χ1) is 17.0. The van der Waals surface area contributed by atoms with Gasteiger partial charge < -0.3 is 4.74 Å². The summed E-state index contributed by atoms with van der Waals surface area (Å²) in [7, 11) is 0. The van der Waals surface area contributed by atoms with Crippen molar-refractivity contribution in [2.75, 3.05) is 0 Å². The van der Waals surface area contributed by atoms with Crippen LogP contribution in [0.2, 0.25) is 0 Å². The third-order valence-corrected chi connectivity index (χ3v) is 7.96. The van der Waals surface area contributed by atoms with Gasteiger partial charge >= 0.3 is 12.3 Å². The molecule has 36 heavy (non-hydrogen) atoms. The van der Waals surface area contributed by atoms with E-state index in [9.17, 15) is 26.3 Å². The van der Waals surface area contributed by atoms with Crippen molar-refractivity contribution < 1.29 is 35.5 Å². The minimum atomic E-state index is -5.85. The summed E-state index contributed by atoms with van der Waals surface area (Å²) in [5.41, 5.74) is 1.28. The lowest BCUT2D eigenvalue weighted by atomic mass is 9.68. The van der Waals surface area contributed by atoms with Gasteiger partial charge in [0.2, 0.25) is 0 Å². The first kappa shape index (κ1) is 26.8. The van der Waals surface area contributed by atoms with Crippen LogP contribution >= 0.6 is 0 Å². The van der Waals surface area contributed by atoms with Crippen molar-refractivity contribution in [3.05, 3.63) is 53.8 Å². The van der Waals surface area contributed by atoms with E-state index in [1.807, 2.05) is 0 Å². The fraction of sp³-hybridized carbons (Fsp3) is 0.571. The van der Waals surface area contributed by atoms with Gasteiger partial charge in [0.05, 0.1) is 0 Å². The van der Waals surface area contributed by atoms with Crippen LogP contribution in [0.1, 0.15) is 69.8 Å². The third-order valence-electron chi connectivity index (χ3n) is 7.96. The number of rotatable bonds is 6. The number of ether oxygens (including phenoxy) is 1. The molecule has 1 nitrogen and oxygen atoms in total. The summed E-state index contributed by atoms with van der Waals surface area (Å²) in [5, 5.41) is 0. The van der Waals surface area contributed by atoms with E-state index in [0.29, 0.717) is 35.8 Å². The second-order valence-corrected chi connectivity index (χ2v) is 10.4. The molecule has 0 radical (unpaired) electrons. The molecule has 2 aromatic carbocycles. The molecule has 1 unspecified atom stereocenters. The maximum Gasteiger partial charge on any atom is 0.439 e. The molecule has 0 amide bonds. The Balaban J connectivity index is 1.61. The fourth-order valence-corrected chi connectivity index (χ4v) is 5.95. The molecule has 0 aliphatic heterocycles. The SMILES string of the molecule is CC1CCC(C2CCC(c3c(-c4ccccc4)ccc(OC(F)(F)C(F)C(F)(F)F)c3F)CC2)CC1. The first-order valence-corrected chi connectivity index (χ1v) is 12.6. The lowest BCUT2D eigenvalue weighted by Gasteiger charge is -2.38. The van der Waals surface area contributed by atoms with Gasteiger partial charge in [0.25, 0.3) is 6.17 Å². The van der Waals surface area contributed by atoms with E-state index in [1.54, 1.807) is 30.3 Å². The Kier molecular flexibility index (Phi) is 7.91. The Morgan fingerprint density at radius 2 is 1.33 bits per heavy atom. The molecular weight excluding hydrogens is 485 g/mol. The number of alkyl halides is 6. The Hall–Kier alpha value is -2.25. The summed E-state index contributed by atoms with van der Waals surface area (Å²) in [5.74, 6) is -0.634. The minimum absolute atomic E-state index is 0.146. The van der Waals surface area contributed by atoms with Crippen molar-refractivity contribution in [3.63, 3.8) is 0 Å². The van der Waals surface area contributed by atoms with Crippen LogP contribution in [-0.4, -0.2) is 18.5 Å². The number of hydrogen-bond acceptors (Lipinski definition) is 1. The van der Waals surface area contributed by atoms with Gasteiger partial charge in [-0.2, -0.15) is 22.0 Å². The molecule has 0 heterocycles. The monoisotopic (exact) mass is 516 g/mol. The van der Waals surface area contributed by atoms with Crippen LogP contribution in [0.5, 0.6) is 5.75 Å². The molecular formula is C28H31F7O. The predicted molar refractivity (Wildman–Crippen MR) is 124 cm³/mol. The van der Waals surface area contributed by atoms with Crippen molar-refractivity contribution in [2.24, 2.45) is 17.8 Å². The van der Waals surface area contributed by atoms with Gasteiger partial charge in [-0.15, -0.1) is 0 Å². The summed E-state index contributed by atoms with van der Waals surface area (Å²) < 4.78 is 98.9. The molecule has 0 N–H and O–H groups in total. The summed E-state index contributed by atoms with van der Waals surface area (Å²) in [6.45, 7) is 2.26. The highest BCUT2D eigenvalue weighted by Gasteiger charge is 2.59.